The van der Waals surface area contributed by atoms with Crippen molar-refractivity contribution in [2.75, 3.05) is 16.8 Å². The van der Waals surface area contributed by atoms with Crippen LogP contribution in [0.4, 0.5) is 5.69 Å². The first-order valence-electron chi connectivity index (χ1n) is 7.89. The fourth-order valence-electron chi connectivity index (χ4n) is 2.82. The zero-order chi connectivity index (χ0) is 19.8. The smallest absolute Gasteiger partial charge is 0.255 e. The molecule has 0 saturated carbocycles. The zero-order valence-corrected chi connectivity index (χ0v) is 17.0. The summed E-state index contributed by atoms with van der Waals surface area (Å²) in [6.07, 6.45) is 0.0857. The summed E-state index contributed by atoms with van der Waals surface area (Å²) in [5, 5.41) is 2.41. The molecular weight excluding hydrogens is 433 g/mol. The minimum absolute atomic E-state index is 0.00745. The molecule has 10 heteroatoms. The topological polar surface area (TPSA) is 97.4 Å². The number of rotatable bonds is 4. The summed E-state index contributed by atoms with van der Waals surface area (Å²) in [5.41, 5.74) is 0.648. The largest absolute Gasteiger partial charge is 0.322 e. The minimum Gasteiger partial charge on any atom is -0.322 e. The number of hydrogen-bond donors (Lipinski definition) is 1. The van der Waals surface area contributed by atoms with Crippen LogP contribution in [0.2, 0.25) is 10.0 Å². The standard InChI is InChI=1S/C17H15Cl2NO5S2/c18-12-7-13(19)9-14(8-12)20-17(21)11-1-3-15(4-2-11)27(24,25)16-5-6-26(22,23)10-16/h1-4,7-9,16H,5-6,10H2,(H,20,21)/t16-/m0/s1. The van der Waals surface area contributed by atoms with E-state index >= 15 is 0 Å². The lowest BCUT2D eigenvalue weighted by Gasteiger charge is -2.11. The van der Waals surface area contributed by atoms with Crippen LogP contribution < -0.4 is 5.32 Å². The van der Waals surface area contributed by atoms with Crippen LogP contribution >= 0.6 is 23.2 Å². The average Bonchev–Trinajstić information content (AvgIpc) is 2.95. The van der Waals surface area contributed by atoms with Gasteiger partial charge in [0.2, 0.25) is 0 Å². The number of halogens is 2. The van der Waals surface area contributed by atoms with Crippen LogP contribution in [0.3, 0.4) is 0 Å². The van der Waals surface area contributed by atoms with E-state index in [1.54, 1.807) is 0 Å². The first kappa shape index (κ1) is 20.1. The van der Waals surface area contributed by atoms with Crippen molar-refractivity contribution in [2.45, 2.75) is 16.6 Å². The molecular formula is C17H15Cl2NO5S2. The second kappa shape index (κ2) is 7.43. The fourth-order valence-corrected chi connectivity index (χ4v) is 7.71. The van der Waals surface area contributed by atoms with Gasteiger partial charge in [0, 0.05) is 21.3 Å². The molecule has 1 fully saturated rings. The van der Waals surface area contributed by atoms with Gasteiger partial charge in [0.05, 0.1) is 21.7 Å². The van der Waals surface area contributed by atoms with E-state index < -0.39 is 30.8 Å². The second-order valence-electron chi connectivity index (χ2n) is 6.21. The Kier molecular flexibility index (Phi) is 5.54. The number of nitrogens with one attached hydrogen (secondary N) is 1. The summed E-state index contributed by atoms with van der Waals surface area (Å²) < 4.78 is 48.2. The maximum atomic E-state index is 12.6. The zero-order valence-electron chi connectivity index (χ0n) is 13.9. The van der Waals surface area contributed by atoms with Crippen LogP contribution in [-0.2, 0) is 19.7 Å². The van der Waals surface area contributed by atoms with Gasteiger partial charge in [-0.05, 0) is 48.9 Å². The van der Waals surface area contributed by atoms with Gasteiger partial charge in [-0.1, -0.05) is 23.2 Å². The Balaban J connectivity index is 1.77. The third-order valence-corrected chi connectivity index (χ3v) is 8.82. The summed E-state index contributed by atoms with van der Waals surface area (Å²) in [7, 11) is -7.08. The second-order valence-corrected chi connectivity index (χ2v) is 11.5. The molecule has 1 N–H and O–H groups in total. The van der Waals surface area contributed by atoms with Gasteiger partial charge in [0.15, 0.2) is 19.7 Å². The highest BCUT2D eigenvalue weighted by atomic mass is 35.5. The number of amides is 1. The maximum absolute atomic E-state index is 12.6. The van der Waals surface area contributed by atoms with Crippen LogP contribution in [0.1, 0.15) is 16.8 Å². The predicted molar refractivity (Wildman–Crippen MR) is 105 cm³/mol. The number of hydrogen-bond acceptors (Lipinski definition) is 5. The maximum Gasteiger partial charge on any atom is 0.255 e. The van der Waals surface area contributed by atoms with Crippen LogP contribution in [0.25, 0.3) is 0 Å². The summed E-state index contributed by atoms with van der Waals surface area (Å²) in [6.45, 7) is 0. The molecule has 2 aromatic rings. The Morgan fingerprint density at radius 3 is 2.15 bits per heavy atom. The van der Waals surface area contributed by atoms with Gasteiger partial charge in [0.1, 0.15) is 0 Å². The number of sulfone groups is 2. The van der Waals surface area contributed by atoms with Crippen molar-refractivity contribution in [1.82, 2.24) is 0 Å². The first-order chi connectivity index (χ1) is 12.6. The molecule has 27 heavy (non-hydrogen) atoms. The summed E-state index contributed by atoms with van der Waals surface area (Å²) >= 11 is 11.8. The monoisotopic (exact) mass is 447 g/mol. The molecule has 0 radical (unpaired) electrons. The molecule has 0 aliphatic carbocycles. The lowest BCUT2D eigenvalue weighted by Crippen LogP contribution is -2.22. The van der Waals surface area contributed by atoms with E-state index in [4.69, 9.17) is 23.2 Å². The predicted octanol–water partition coefficient (Wildman–Crippen LogP) is 3.21. The van der Waals surface area contributed by atoms with Gasteiger partial charge in [-0.3, -0.25) is 4.79 Å². The summed E-state index contributed by atoms with van der Waals surface area (Å²) in [4.78, 5) is 12.3. The Labute approximate surface area is 167 Å². The first-order valence-corrected chi connectivity index (χ1v) is 12.0. The molecule has 0 unspecified atom stereocenters. The molecule has 144 valence electrons. The van der Waals surface area contributed by atoms with Crippen molar-refractivity contribution in [3.63, 3.8) is 0 Å². The van der Waals surface area contributed by atoms with E-state index in [-0.39, 0.29) is 28.4 Å². The molecule has 0 spiro atoms. The van der Waals surface area contributed by atoms with Crippen LogP contribution in [0.15, 0.2) is 47.4 Å². The third kappa shape index (κ3) is 4.63. The molecule has 0 aromatic heterocycles. The summed E-state index contributed by atoms with van der Waals surface area (Å²) in [6, 6.07) is 9.95. The Morgan fingerprint density at radius 1 is 1.04 bits per heavy atom. The van der Waals surface area contributed by atoms with Crippen molar-refractivity contribution in [3.05, 3.63) is 58.1 Å². The summed E-state index contributed by atoms with van der Waals surface area (Å²) in [5.74, 6) is -0.951. The van der Waals surface area contributed by atoms with Crippen molar-refractivity contribution in [1.29, 1.82) is 0 Å². The normalized spacial score (nSPS) is 19.0. The Bertz CT molecular complexity index is 1080. The van der Waals surface area contributed by atoms with E-state index in [9.17, 15) is 21.6 Å². The molecule has 3 rings (SSSR count). The van der Waals surface area contributed by atoms with Crippen molar-refractivity contribution >= 4 is 54.5 Å². The van der Waals surface area contributed by atoms with Crippen LogP contribution in [-0.4, -0.2) is 39.5 Å². The Morgan fingerprint density at radius 2 is 1.63 bits per heavy atom. The van der Waals surface area contributed by atoms with Crippen molar-refractivity contribution < 1.29 is 21.6 Å². The van der Waals surface area contributed by atoms with Gasteiger partial charge in [-0.15, -0.1) is 0 Å². The SMILES string of the molecule is O=C(Nc1cc(Cl)cc(Cl)c1)c1ccc(S(=O)(=O)[C@H]2CCS(=O)(=O)C2)cc1. The highest BCUT2D eigenvalue weighted by molar-refractivity contribution is 7.96. The van der Waals surface area contributed by atoms with E-state index in [0.29, 0.717) is 15.7 Å². The van der Waals surface area contributed by atoms with E-state index in [0.717, 1.165) is 0 Å². The van der Waals surface area contributed by atoms with E-state index in [1.165, 1.54) is 42.5 Å². The fraction of sp³-hybridized carbons (Fsp3) is 0.235. The highest BCUT2D eigenvalue weighted by Gasteiger charge is 2.37. The van der Waals surface area contributed by atoms with E-state index in [1.807, 2.05) is 0 Å². The molecule has 1 atom stereocenters. The molecule has 1 amide bonds. The minimum atomic E-state index is -3.77. The van der Waals surface area contributed by atoms with Gasteiger partial charge < -0.3 is 5.32 Å². The number of carbonyl (C=O) groups excluding carboxylic acids is 1. The lowest BCUT2D eigenvalue weighted by molar-refractivity contribution is 0.102. The van der Waals surface area contributed by atoms with Crippen LogP contribution in [0, 0.1) is 0 Å². The van der Waals surface area contributed by atoms with Gasteiger partial charge >= 0.3 is 0 Å². The third-order valence-electron chi connectivity index (χ3n) is 4.19. The van der Waals surface area contributed by atoms with Crippen molar-refractivity contribution in [3.8, 4) is 0 Å². The molecule has 1 heterocycles. The molecule has 1 aliphatic rings. The lowest BCUT2D eigenvalue weighted by atomic mass is 10.2. The molecule has 6 nitrogen and oxygen atoms in total. The quantitative estimate of drug-likeness (QED) is 0.775. The Hall–Kier alpha value is -1.61. The van der Waals surface area contributed by atoms with E-state index in [2.05, 4.69) is 5.32 Å². The molecule has 1 aliphatic heterocycles. The van der Waals surface area contributed by atoms with Gasteiger partial charge in [-0.25, -0.2) is 16.8 Å². The highest BCUT2D eigenvalue weighted by Crippen LogP contribution is 2.26. The molecule has 1 saturated heterocycles. The number of benzene rings is 2. The molecule has 0 bridgehead atoms. The van der Waals surface area contributed by atoms with Gasteiger partial charge in [-0.2, -0.15) is 0 Å². The number of carbonyl (C=O) groups is 1. The van der Waals surface area contributed by atoms with Crippen LogP contribution in [0.5, 0.6) is 0 Å². The van der Waals surface area contributed by atoms with Crippen molar-refractivity contribution in [2.24, 2.45) is 0 Å². The average molecular weight is 448 g/mol. The number of anilines is 1. The van der Waals surface area contributed by atoms with Gasteiger partial charge in [0.25, 0.3) is 5.91 Å². The molecule has 2 aromatic carbocycles.